The van der Waals surface area contributed by atoms with Crippen molar-refractivity contribution in [3.05, 3.63) is 41.5 Å². The number of carbonyl (C=O) groups excluding carboxylic acids is 2. The Bertz CT molecular complexity index is 891. The van der Waals surface area contributed by atoms with Crippen molar-refractivity contribution in [2.75, 3.05) is 6.61 Å². The smallest absolute Gasteiger partial charge is 0.338 e. The maximum Gasteiger partial charge on any atom is 0.338 e. The Morgan fingerprint density at radius 1 is 1.13 bits per heavy atom. The number of amides is 1. The van der Waals surface area contributed by atoms with Crippen LogP contribution >= 0.6 is 0 Å². The third kappa shape index (κ3) is 5.83. The Hall–Kier alpha value is -2.90. The van der Waals surface area contributed by atoms with Gasteiger partial charge in [-0.15, -0.1) is 0 Å². The van der Waals surface area contributed by atoms with E-state index < -0.39 is 5.97 Å². The molecule has 0 bridgehead atoms. The molecular weight excluding hydrogens is 398 g/mol. The zero-order chi connectivity index (χ0) is 22.6. The van der Waals surface area contributed by atoms with E-state index in [1.165, 1.54) is 0 Å². The first-order valence-electron chi connectivity index (χ1n) is 10.7. The number of likely N-dealkylation sites (tertiary alicyclic amines) is 1. The number of nitrogens with zero attached hydrogens (tertiary/aromatic N) is 3. The minimum Gasteiger partial charge on any atom is -0.484 e. The Morgan fingerprint density at radius 3 is 2.35 bits per heavy atom. The second-order valence-electron chi connectivity index (χ2n) is 9.08. The van der Waals surface area contributed by atoms with Crippen molar-refractivity contribution in [3.8, 4) is 5.75 Å². The van der Waals surface area contributed by atoms with Crippen LogP contribution in [0.15, 0.2) is 28.8 Å². The molecule has 2 unspecified atom stereocenters. The topological polar surface area (TPSA) is 94.8 Å². The minimum atomic E-state index is -0.505. The molecule has 0 saturated carbocycles. The monoisotopic (exact) mass is 429 g/mol. The zero-order valence-corrected chi connectivity index (χ0v) is 18.9. The van der Waals surface area contributed by atoms with Gasteiger partial charge in [-0.2, -0.15) is 4.98 Å². The summed E-state index contributed by atoms with van der Waals surface area (Å²) >= 11 is 0. The van der Waals surface area contributed by atoms with Gasteiger partial charge in [0.2, 0.25) is 0 Å². The summed E-state index contributed by atoms with van der Waals surface area (Å²) in [7, 11) is 0. The minimum absolute atomic E-state index is 0.0163. The van der Waals surface area contributed by atoms with Crippen molar-refractivity contribution >= 4 is 11.9 Å². The van der Waals surface area contributed by atoms with Gasteiger partial charge in [0, 0.05) is 17.5 Å². The molecule has 2 aromatic rings. The summed E-state index contributed by atoms with van der Waals surface area (Å²) in [6.07, 6.45) is 3.19. The highest BCUT2D eigenvalue weighted by molar-refractivity contribution is 5.89. The highest BCUT2D eigenvalue weighted by Gasteiger charge is 2.29. The van der Waals surface area contributed by atoms with E-state index in [0.29, 0.717) is 17.1 Å². The second-order valence-corrected chi connectivity index (χ2v) is 9.08. The predicted molar refractivity (Wildman–Crippen MR) is 114 cm³/mol. The standard InChI is InChI=1S/C23H31N3O5/c1-15-7-6-8-16(2)26(15)20(27)14-29-18-11-9-17(10-12-18)21(28)30-13-19-24-22(25-31-19)23(3,4)5/h9-12,15-16H,6-8,13-14H2,1-5H3. The Balaban J connectivity index is 1.49. The molecule has 1 aromatic carbocycles. The van der Waals surface area contributed by atoms with Crippen molar-refractivity contribution in [2.24, 2.45) is 0 Å². The van der Waals surface area contributed by atoms with Gasteiger partial charge in [-0.25, -0.2) is 4.79 Å². The van der Waals surface area contributed by atoms with Gasteiger partial charge in [0.15, 0.2) is 19.0 Å². The zero-order valence-electron chi connectivity index (χ0n) is 18.9. The maximum atomic E-state index is 12.6. The van der Waals surface area contributed by atoms with Crippen LogP contribution in [0.25, 0.3) is 0 Å². The van der Waals surface area contributed by atoms with E-state index in [2.05, 4.69) is 24.0 Å². The Labute approximate surface area is 182 Å². The van der Waals surface area contributed by atoms with E-state index in [1.807, 2.05) is 25.7 Å². The van der Waals surface area contributed by atoms with E-state index in [9.17, 15) is 9.59 Å². The largest absolute Gasteiger partial charge is 0.484 e. The van der Waals surface area contributed by atoms with Gasteiger partial charge in [-0.1, -0.05) is 25.9 Å². The van der Waals surface area contributed by atoms with Crippen molar-refractivity contribution < 1.29 is 23.6 Å². The normalized spacial score (nSPS) is 19.2. The predicted octanol–water partition coefficient (Wildman–Crippen LogP) is 3.89. The summed E-state index contributed by atoms with van der Waals surface area (Å²) in [6, 6.07) is 6.96. The molecule has 1 aromatic heterocycles. The summed E-state index contributed by atoms with van der Waals surface area (Å²) in [5, 5.41) is 3.90. The van der Waals surface area contributed by atoms with Crippen LogP contribution in [0.5, 0.6) is 5.75 Å². The van der Waals surface area contributed by atoms with E-state index in [0.717, 1.165) is 19.3 Å². The van der Waals surface area contributed by atoms with E-state index >= 15 is 0 Å². The molecular formula is C23H31N3O5. The van der Waals surface area contributed by atoms with Gasteiger partial charge in [0.05, 0.1) is 5.56 Å². The highest BCUT2D eigenvalue weighted by atomic mass is 16.6. The summed E-state index contributed by atoms with van der Waals surface area (Å²) in [5.41, 5.74) is 0.125. The quantitative estimate of drug-likeness (QED) is 0.643. The van der Waals surface area contributed by atoms with Crippen LogP contribution in [-0.2, 0) is 21.6 Å². The molecule has 2 heterocycles. The summed E-state index contributed by atoms with van der Waals surface area (Å²) < 4.78 is 16.0. The molecule has 0 N–H and O–H groups in total. The molecule has 31 heavy (non-hydrogen) atoms. The van der Waals surface area contributed by atoms with Crippen molar-refractivity contribution in [2.45, 2.75) is 78.0 Å². The fraction of sp³-hybridized carbons (Fsp3) is 0.565. The molecule has 1 fully saturated rings. The summed E-state index contributed by atoms with van der Waals surface area (Å²) in [4.78, 5) is 31.0. The molecule has 1 amide bonds. The first-order chi connectivity index (χ1) is 14.6. The second kappa shape index (κ2) is 9.49. The van der Waals surface area contributed by atoms with Crippen LogP contribution < -0.4 is 4.74 Å². The number of aromatic nitrogens is 2. The molecule has 3 rings (SSSR count). The lowest BCUT2D eigenvalue weighted by molar-refractivity contribution is -0.139. The highest BCUT2D eigenvalue weighted by Crippen LogP contribution is 2.23. The number of esters is 1. The van der Waals surface area contributed by atoms with Crippen LogP contribution in [0.1, 0.15) is 76.0 Å². The molecule has 1 aliphatic rings. The summed E-state index contributed by atoms with van der Waals surface area (Å²) in [6.45, 7) is 9.95. The lowest BCUT2D eigenvalue weighted by Crippen LogP contribution is -2.49. The van der Waals surface area contributed by atoms with Gasteiger partial charge in [-0.05, 0) is 57.4 Å². The van der Waals surface area contributed by atoms with Crippen molar-refractivity contribution in [1.29, 1.82) is 0 Å². The number of carbonyl (C=O) groups is 2. The molecule has 1 aliphatic heterocycles. The molecule has 8 nitrogen and oxygen atoms in total. The van der Waals surface area contributed by atoms with Crippen LogP contribution in [0, 0.1) is 0 Å². The van der Waals surface area contributed by atoms with Crippen LogP contribution in [0.2, 0.25) is 0 Å². The van der Waals surface area contributed by atoms with Gasteiger partial charge >= 0.3 is 5.97 Å². The molecule has 0 spiro atoms. The number of hydrogen-bond donors (Lipinski definition) is 0. The van der Waals surface area contributed by atoms with E-state index in [1.54, 1.807) is 24.3 Å². The molecule has 2 atom stereocenters. The fourth-order valence-corrected chi connectivity index (χ4v) is 3.65. The first kappa shape index (κ1) is 22.8. The molecule has 1 saturated heterocycles. The Morgan fingerprint density at radius 2 is 1.77 bits per heavy atom. The van der Waals surface area contributed by atoms with Gasteiger partial charge in [0.25, 0.3) is 11.8 Å². The third-order valence-electron chi connectivity index (χ3n) is 5.40. The van der Waals surface area contributed by atoms with E-state index in [-0.39, 0.29) is 42.5 Å². The first-order valence-corrected chi connectivity index (χ1v) is 10.7. The van der Waals surface area contributed by atoms with Crippen molar-refractivity contribution in [1.82, 2.24) is 15.0 Å². The van der Waals surface area contributed by atoms with Crippen LogP contribution in [0.4, 0.5) is 0 Å². The van der Waals surface area contributed by atoms with Gasteiger partial charge < -0.3 is 18.9 Å². The lowest BCUT2D eigenvalue weighted by Gasteiger charge is -2.38. The van der Waals surface area contributed by atoms with Gasteiger partial charge in [-0.3, -0.25) is 4.79 Å². The summed E-state index contributed by atoms with van der Waals surface area (Å²) in [5.74, 6) is 0.807. The van der Waals surface area contributed by atoms with Crippen molar-refractivity contribution in [3.63, 3.8) is 0 Å². The van der Waals surface area contributed by atoms with Crippen LogP contribution in [-0.4, -0.2) is 45.6 Å². The third-order valence-corrected chi connectivity index (χ3v) is 5.40. The lowest BCUT2D eigenvalue weighted by atomic mass is 9.96. The fourth-order valence-electron chi connectivity index (χ4n) is 3.65. The maximum absolute atomic E-state index is 12.6. The SMILES string of the molecule is CC1CCCC(C)N1C(=O)COc1ccc(C(=O)OCc2nc(C(C)(C)C)no2)cc1. The molecule has 0 radical (unpaired) electrons. The Kier molecular flexibility index (Phi) is 6.97. The number of ether oxygens (including phenoxy) is 2. The van der Waals surface area contributed by atoms with Crippen LogP contribution in [0.3, 0.4) is 0 Å². The average Bonchev–Trinajstić information content (AvgIpc) is 3.20. The molecule has 168 valence electrons. The number of piperidine rings is 1. The van der Waals surface area contributed by atoms with Gasteiger partial charge in [0.1, 0.15) is 5.75 Å². The molecule has 8 heteroatoms. The van der Waals surface area contributed by atoms with E-state index in [4.69, 9.17) is 14.0 Å². The number of hydrogen-bond acceptors (Lipinski definition) is 7. The molecule has 0 aliphatic carbocycles. The number of rotatable bonds is 6. The number of benzene rings is 1. The average molecular weight is 430 g/mol.